The molecular formula is C27H22N4O3. The number of rotatable bonds is 6. The fraction of sp³-hybridized carbons (Fsp3) is 0.111. The summed E-state index contributed by atoms with van der Waals surface area (Å²) < 4.78 is 8.95. The van der Waals surface area contributed by atoms with Crippen molar-refractivity contribution in [3.63, 3.8) is 0 Å². The van der Waals surface area contributed by atoms with Gasteiger partial charge in [0.25, 0.3) is 0 Å². The van der Waals surface area contributed by atoms with E-state index >= 15 is 0 Å². The van der Waals surface area contributed by atoms with Crippen molar-refractivity contribution >= 4 is 22.8 Å². The molecule has 0 spiro atoms. The van der Waals surface area contributed by atoms with Gasteiger partial charge < -0.3 is 4.42 Å². The van der Waals surface area contributed by atoms with Gasteiger partial charge in [0.05, 0.1) is 23.0 Å². The molecule has 2 aromatic carbocycles. The quantitative estimate of drug-likeness (QED) is 0.199. The van der Waals surface area contributed by atoms with Crippen LogP contribution in [0.25, 0.3) is 34.0 Å². The van der Waals surface area contributed by atoms with Gasteiger partial charge in [-0.3, -0.25) is 9.48 Å². The van der Waals surface area contributed by atoms with Crippen LogP contribution in [0.1, 0.15) is 35.8 Å². The lowest BCUT2D eigenvalue weighted by molar-refractivity contribution is 0.104. The summed E-state index contributed by atoms with van der Waals surface area (Å²) in [7, 11) is 0. The normalized spacial score (nSPS) is 11.6. The summed E-state index contributed by atoms with van der Waals surface area (Å²) >= 11 is 0. The third-order valence-corrected chi connectivity index (χ3v) is 5.49. The zero-order valence-electron chi connectivity index (χ0n) is 18.8. The monoisotopic (exact) mass is 450 g/mol. The van der Waals surface area contributed by atoms with Crippen LogP contribution in [0.3, 0.4) is 0 Å². The summed E-state index contributed by atoms with van der Waals surface area (Å²) in [6.45, 7) is 3.99. The van der Waals surface area contributed by atoms with Crippen molar-refractivity contribution in [3.8, 4) is 16.9 Å². The van der Waals surface area contributed by atoms with Crippen LogP contribution in [-0.4, -0.2) is 25.3 Å². The van der Waals surface area contributed by atoms with Gasteiger partial charge in [-0.05, 0) is 50.3 Å². The van der Waals surface area contributed by atoms with Crippen LogP contribution in [0.15, 0.2) is 94.5 Å². The average Bonchev–Trinajstić information content (AvgIpc) is 3.51. The number of fused-ring (bicyclic) bond motifs is 1. The minimum absolute atomic E-state index is 0.161. The zero-order chi connectivity index (χ0) is 23.7. The van der Waals surface area contributed by atoms with Crippen LogP contribution in [0, 0.1) is 0 Å². The molecule has 168 valence electrons. The van der Waals surface area contributed by atoms with Gasteiger partial charge in [-0.25, -0.2) is 9.48 Å². The first-order valence-electron chi connectivity index (χ1n) is 10.9. The number of allylic oxidation sites excluding steroid dienone is 1. The maximum Gasteiger partial charge on any atom is 0.345 e. The Labute approximate surface area is 195 Å². The molecule has 0 radical (unpaired) electrons. The van der Waals surface area contributed by atoms with Crippen molar-refractivity contribution in [1.29, 1.82) is 0 Å². The third-order valence-electron chi connectivity index (χ3n) is 5.49. The molecule has 3 aromatic heterocycles. The van der Waals surface area contributed by atoms with Crippen molar-refractivity contribution in [2.45, 2.75) is 19.9 Å². The van der Waals surface area contributed by atoms with Crippen LogP contribution in [0.2, 0.25) is 0 Å². The molecule has 0 aliphatic rings. The van der Waals surface area contributed by atoms with E-state index in [1.165, 1.54) is 6.08 Å². The van der Waals surface area contributed by atoms with Crippen molar-refractivity contribution in [3.05, 3.63) is 107 Å². The lowest BCUT2D eigenvalue weighted by atomic mass is 10.1. The molecule has 0 saturated carbocycles. The molecule has 0 atom stereocenters. The SMILES string of the molecule is CC(C)n1cc(C(=O)/C=C/c2cn(-c3ccccc3)nc2-c2cc3ccccc3oc2=O)cn1. The van der Waals surface area contributed by atoms with Gasteiger partial charge in [-0.15, -0.1) is 0 Å². The number of benzene rings is 2. The van der Waals surface area contributed by atoms with Gasteiger partial charge in [0.1, 0.15) is 11.3 Å². The van der Waals surface area contributed by atoms with Crippen LogP contribution in [-0.2, 0) is 0 Å². The standard InChI is InChI=1S/C27H22N4O3/c1-18(2)30-17-21(15-28-30)24(32)13-12-20-16-31(22-9-4-3-5-10-22)29-26(20)23-14-19-8-6-7-11-25(19)34-27(23)33/h3-18H,1-2H3/b13-12+. The fourth-order valence-electron chi connectivity index (χ4n) is 3.67. The van der Waals surface area contributed by atoms with E-state index < -0.39 is 5.63 Å². The summed E-state index contributed by atoms with van der Waals surface area (Å²) in [5.41, 5.74) is 2.73. The molecule has 5 aromatic rings. The maximum absolute atomic E-state index is 12.8. The van der Waals surface area contributed by atoms with Crippen molar-refractivity contribution in [2.24, 2.45) is 0 Å². The Balaban J connectivity index is 1.59. The predicted octanol–water partition coefficient (Wildman–Crippen LogP) is 5.32. The second kappa shape index (κ2) is 8.78. The Bertz CT molecular complexity index is 1570. The second-order valence-electron chi connectivity index (χ2n) is 8.20. The van der Waals surface area contributed by atoms with Crippen molar-refractivity contribution in [1.82, 2.24) is 19.6 Å². The van der Waals surface area contributed by atoms with Gasteiger partial charge in [-0.1, -0.05) is 36.4 Å². The molecular weight excluding hydrogens is 428 g/mol. The van der Waals surface area contributed by atoms with Crippen LogP contribution >= 0.6 is 0 Å². The maximum atomic E-state index is 12.8. The van der Waals surface area contributed by atoms with Crippen LogP contribution < -0.4 is 5.63 Å². The number of aromatic nitrogens is 4. The zero-order valence-corrected chi connectivity index (χ0v) is 18.8. The molecule has 0 bridgehead atoms. The van der Waals surface area contributed by atoms with Gasteiger partial charge in [0, 0.05) is 29.4 Å². The Morgan fingerprint density at radius 3 is 2.56 bits per heavy atom. The van der Waals surface area contributed by atoms with Gasteiger partial charge >= 0.3 is 5.63 Å². The highest BCUT2D eigenvalue weighted by Gasteiger charge is 2.17. The highest BCUT2D eigenvalue weighted by Crippen LogP contribution is 2.25. The highest BCUT2D eigenvalue weighted by molar-refractivity contribution is 6.06. The van der Waals surface area contributed by atoms with Crippen molar-refractivity contribution < 1.29 is 9.21 Å². The topological polar surface area (TPSA) is 82.9 Å². The lowest BCUT2D eigenvalue weighted by Gasteiger charge is -2.02. The van der Waals surface area contributed by atoms with E-state index in [0.29, 0.717) is 28.0 Å². The number of carbonyl (C=O) groups is 1. The first-order valence-corrected chi connectivity index (χ1v) is 10.9. The van der Waals surface area contributed by atoms with E-state index in [0.717, 1.165) is 11.1 Å². The van der Waals surface area contributed by atoms with Gasteiger partial charge in [0.15, 0.2) is 5.78 Å². The number of para-hydroxylation sites is 2. The first-order chi connectivity index (χ1) is 16.5. The molecule has 0 aliphatic heterocycles. The molecule has 7 heteroatoms. The van der Waals surface area contributed by atoms with E-state index in [9.17, 15) is 9.59 Å². The average molecular weight is 450 g/mol. The summed E-state index contributed by atoms with van der Waals surface area (Å²) in [6.07, 6.45) is 8.22. The van der Waals surface area contributed by atoms with E-state index in [1.54, 1.807) is 46.2 Å². The van der Waals surface area contributed by atoms with Gasteiger partial charge in [0.2, 0.25) is 0 Å². The minimum atomic E-state index is -0.490. The van der Waals surface area contributed by atoms with Gasteiger partial charge in [-0.2, -0.15) is 10.2 Å². The molecule has 5 rings (SSSR count). The van der Waals surface area contributed by atoms with E-state index in [-0.39, 0.29) is 11.8 Å². The molecule has 0 amide bonds. The minimum Gasteiger partial charge on any atom is -0.422 e. The first kappa shape index (κ1) is 21.3. The molecule has 3 heterocycles. The molecule has 0 saturated heterocycles. The summed E-state index contributed by atoms with van der Waals surface area (Å²) in [4.78, 5) is 25.6. The Kier molecular flexibility index (Phi) is 5.51. The Morgan fingerprint density at radius 2 is 1.79 bits per heavy atom. The summed E-state index contributed by atoms with van der Waals surface area (Å²) in [5.74, 6) is -0.184. The fourth-order valence-corrected chi connectivity index (χ4v) is 3.67. The second-order valence-corrected chi connectivity index (χ2v) is 8.20. The molecule has 0 fully saturated rings. The van der Waals surface area contributed by atoms with E-state index in [4.69, 9.17) is 4.42 Å². The number of hydrogen-bond donors (Lipinski definition) is 0. The third kappa shape index (κ3) is 4.11. The predicted molar refractivity (Wildman–Crippen MR) is 131 cm³/mol. The Hall–Kier alpha value is -4.52. The summed E-state index contributed by atoms with van der Waals surface area (Å²) in [6, 6.07) is 18.8. The molecule has 0 aliphatic carbocycles. The number of nitrogens with zero attached hydrogens (tertiary/aromatic N) is 4. The number of carbonyl (C=O) groups excluding carboxylic acids is 1. The largest absolute Gasteiger partial charge is 0.422 e. The molecule has 7 nitrogen and oxygen atoms in total. The van der Waals surface area contributed by atoms with Crippen LogP contribution in [0.5, 0.6) is 0 Å². The molecule has 0 N–H and O–H groups in total. The number of ketones is 1. The molecule has 34 heavy (non-hydrogen) atoms. The van der Waals surface area contributed by atoms with Crippen LogP contribution in [0.4, 0.5) is 0 Å². The number of hydrogen-bond acceptors (Lipinski definition) is 5. The summed E-state index contributed by atoms with van der Waals surface area (Å²) in [5, 5.41) is 9.70. The van der Waals surface area contributed by atoms with Crippen molar-refractivity contribution in [2.75, 3.05) is 0 Å². The Morgan fingerprint density at radius 1 is 1.03 bits per heavy atom. The van der Waals surface area contributed by atoms with E-state index in [2.05, 4.69) is 10.2 Å². The smallest absolute Gasteiger partial charge is 0.345 e. The molecule has 0 unspecified atom stereocenters. The highest BCUT2D eigenvalue weighted by atomic mass is 16.4. The van der Waals surface area contributed by atoms with E-state index in [1.807, 2.05) is 62.4 Å². The lowest BCUT2D eigenvalue weighted by Crippen LogP contribution is -2.04.